The molecule has 2 atom stereocenters. The molecule has 2 nitrogen and oxygen atoms in total. The third-order valence-electron chi connectivity index (χ3n) is 3.60. The van der Waals surface area contributed by atoms with Gasteiger partial charge in [-0.05, 0) is 37.9 Å². The van der Waals surface area contributed by atoms with Crippen LogP contribution in [0.4, 0.5) is 0 Å². The van der Waals surface area contributed by atoms with Crippen molar-refractivity contribution in [3.05, 3.63) is 0 Å². The molecule has 2 rings (SSSR count). The maximum Gasteiger partial charge on any atom is 0.0194 e. The van der Waals surface area contributed by atoms with E-state index in [1.165, 1.54) is 37.9 Å². The number of hydrogen-bond acceptors (Lipinski definition) is 3. The van der Waals surface area contributed by atoms with Gasteiger partial charge in [-0.3, -0.25) is 0 Å². The van der Waals surface area contributed by atoms with Crippen molar-refractivity contribution in [1.82, 2.24) is 5.32 Å². The number of rotatable bonds is 2. The first-order chi connectivity index (χ1) is 6.75. The van der Waals surface area contributed by atoms with E-state index in [1.807, 2.05) is 0 Å². The van der Waals surface area contributed by atoms with Gasteiger partial charge in [-0.25, -0.2) is 0 Å². The zero-order valence-electron chi connectivity index (χ0n) is 9.04. The van der Waals surface area contributed by atoms with Gasteiger partial charge < -0.3 is 11.1 Å². The second kappa shape index (κ2) is 4.86. The third kappa shape index (κ3) is 2.65. The smallest absolute Gasteiger partial charge is 0.0194 e. The molecule has 2 aliphatic rings. The second-order valence-corrected chi connectivity index (χ2v) is 6.23. The largest absolute Gasteiger partial charge is 0.328 e. The van der Waals surface area contributed by atoms with Crippen molar-refractivity contribution in [2.45, 2.75) is 62.4 Å². The minimum Gasteiger partial charge on any atom is -0.328 e. The maximum atomic E-state index is 5.90. The van der Waals surface area contributed by atoms with Gasteiger partial charge in [0, 0.05) is 23.4 Å². The minimum absolute atomic E-state index is 0.475. The molecule has 3 heteroatoms. The van der Waals surface area contributed by atoms with Crippen LogP contribution >= 0.6 is 11.8 Å². The van der Waals surface area contributed by atoms with Crippen molar-refractivity contribution in [2.75, 3.05) is 5.75 Å². The molecular formula is C11H22N2S. The second-order valence-electron chi connectivity index (χ2n) is 4.75. The van der Waals surface area contributed by atoms with Crippen LogP contribution in [0.15, 0.2) is 0 Å². The summed E-state index contributed by atoms with van der Waals surface area (Å²) in [5.41, 5.74) is 5.90. The van der Waals surface area contributed by atoms with Crippen LogP contribution in [-0.2, 0) is 0 Å². The molecule has 1 saturated heterocycles. The highest BCUT2D eigenvalue weighted by molar-refractivity contribution is 8.00. The van der Waals surface area contributed by atoms with E-state index in [0.717, 1.165) is 17.3 Å². The molecule has 0 aromatic heterocycles. The summed E-state index contributed by atoms with van der Waals surface area (Å²) in [6.45, 7) is 2.35. The summed E-state index contributed by atoms with van der Waals surface area (Å²) >= 11 is 2.11. The van der Waals surface area contributed by atoms with E-state index in [1.54, 1.807) is 0 Å². The molecule has 0 aromatic rings. The molecule has 82 valence electrons. The van der Waals surface area contributed by atoms with Crippen LogP contribution in [0.5, 0.6) is 0 Å². The van der Waals surface area contributed by atoms with Crippen molar-refractivity contribution >= 4 is 11.8 Å². The summed E-state index contributed by atoms with van der Waals surface area (Å²) < 4.78 is 0. The van der Waals surface area contributed by atoms with E-state index in [4.69, 9.17) is 5.73 Å². The van der Waals surface area contributed by atoms with Gasteiger partial charge in [0.15, 0.2) is 0 Å². The molecule has 3 N–H and O–H groups in total. The zero-order chi connectivity index (χ0) is 9.97. The Morgan fingerprint density at radius 2 is 1.86 bits per heavy atom. The van der Waals surface area contributed by atoms with Gasteiger partial charge in [-0.1, -0.05) is 6.92 Å². The Morgan fingerprint density at radius 3 is 2.43 bits per heavy atom. The van der Waals surface area contributed by atoms with E-state index >= 15 is 0 Å². The highest BCUT2D eigenvalue weighted by Gasteiger charge is 2.27. The molecule has 2 fully saturated rings. The molecule has 14 heavy (non-hydrogen) atoms. The third-order valence-corrected chi connectivity index (χ3v) is 4.92. The van der Waals surface area contributed by atoms with Crippen molar-refractivity contribution in [1.29, 1.82) is 0 Å². The molecule has 0 bridgehead atoms. The van der Waals surface area contributed by atoms with Gasteiger partial charge in [-0.2, -0.15) is 11.8 Å². The average molecular weight is 214 g/mol. The molecule has 1 saturated carbocycles. The molecule has 0 aromatic carbocycles. The first kappa shape index (κ1) is 10.8. The molecule has 2 unspecified atom stereocenters. The number of nitrogens with one attached hydrogen (secondary N) is 1. The summed E-state index contributed by atoms with van der Waals surface area (Å²) in [6.07, 6.45) is 6.36. The van der Waals surface area contributed by atoms with Crippen LogP contribution < -0.4 is 11.1 Å². The van der Waals surface area contributed by atoms with Gasteiger partial charge in [0.2, 0.25) is 0 Å². The highest BCUT2D eigenvalue weighted by atomic mass is 32.2. The zero-order valence-corrected chi connectivity index (χ0v) is 9.85. The molecule has 1 aliphatic heterocycles. The lowest BCUT2D eigenvalue weighted by Gasteiger charge is -2.30. The average Bonchev–Trinajstić information content (AvgIpc) is 2.56. The van der Waals surface area contributed by atoms with Crippen LogP contribution in [-0.4, -0.2) is 29.1 Å². The Bertz CT molecular complexity index is 178. The van der Waals surface area contributed by atoms with Gasteiger partial charge in [0.05, 0.1) is 0 Å². The first-order valence-corrected chi connectivity index (χ1v) is 6.94. The topological polar surface area (TPSA) is 38.0 Å². The molecule has 0 radical (unpaired) electrons. The summed E-state index contributed by atoms with van der Waals surface area (Å²) in [4.78, 5) is 0. The fourth-order valence-electron chi connectivity index (χ4n) is 2.54. The van der Waals surface area contributed by atoms with E-state index in [9.17, 15) is 0 Å². The fraction of sp³-hybridized carbons (Fsp3) is 1.00. The summed E-state index contributed by atoms with van der Waals surface area (Å²) in [6, 6.07) is 1.99. The monoisotopic (exact) mass is 214 g/mol. The van der Waals surface area contributed by atoms with E-state index in [-0.39, 0.29) is 0 Å². The molecule has 1 heterocycles. The number of hydrogen-bond donors (Lipinski definition) is 2. The highest BCUT2D eigenvalue weighted by Crippen LogP contribution is 2.28. The van der Waals surface area contributed by atoms with E-state index < -0.39 is 0 Å². The van der Waals surface area contributed by atoms with Crippen molar-refractivity contribution < 1.29 is 0 Å². The predicted octanol–water partition coefficient (Wildman–Crippen LogP) is 1.74. The summed E-state index contributed by atoms with van der Waals surface area (Å²) in [5, 5.41) is 4.62. The SMILES string of the molecule is CC1SCCC1NC1CCC(N)CC1. The minimum atomic E-state index is 0.475. The van der Waals surface area contributed by atoms with Gasteiger partial charge in [0.25, 0.3) is 0 Å². The lowest BCUT2D eigenvalue weighted by atomic mass is 9.91. The Balaban J connectivity index is 1.74. The van der Waals surface area contributed by atoms with Crippen molar-refractivity contribution in [3.8, 4) is 0 Å². The Hall–Kier alpha value is 0.270. The van der Waals surface area contributed by atoms with Crippen LogP contribution in [0.2, 0.25) is 0 Å². The molecule has 1 aliphatic carbocycles. The van der Waals surface area contributed by atoms with Crippen LogP contribution in [0.3, 0.4) is 0 Å². The summed E-state index contributed by atoms with van der Waals surface area (Å²) in [7, 11) is 0. The molecule has 0 spiro atoms. The standard InChI is InChI=1S/C11H22N2S/c1-8-11(6-7-14-8)13-10-4-2-9(12)3-5-10/h8-11,13H,2-7,12H2,1H3. The normalized spacial score (nSPS) is 44.1. The van der Waals surface area contributed by atoms with Crippen LogP contribution in [0.1, 0.15) is 39.0 Å². The predicted molar refractivity (Wildman–Crippen MR) is 63.7 cm³/mol. The van der Waals surface area contributed by atoms with Crippen LogP contribution in [0.25, 0.3) is 0 Å². The Labute approximate surface area is 91.4 Å². The number of thioether (sulfide) groups is 1. The Kier molecular flexibility index (Phi) is 3.74. The van der Waals surface area contributed by atoms with Gasteiger partial charge >= 0.3 is 0 Å². The number of nitrogens with two attached hydrogens (primary N) is 1. The quantitative estimate of drug-likeness (QED) is 0.735. The summed E-state index contributed by atoms with van der Waals surface area (Å²) in [5.74, 6) is 1.34. The van der Waals surface area contributed by atoms with Gasteiger partial charge in [0.1, 0.15) is 0 Å². The van der Waals surface area contributed by atoms with Crippen molar-refractivity contribution in [3.63, 3.8) is 0 Å². The van der Waals surface area contributed by atoms with Crippen LogP contribution in [0, 0.1) is 0 Å². The lowest BCUT2D eigenvalue weighted by Crippen LogP contribution is -2.44. The maximum absolute atomic E-state index is 5.90. The molecule has 0 amide bonds. The van der Waals surface area contributed by atoms with E-state index in [2.05, 4.69) is 24.0 Å². The fourth-order valence-corrected chi connectivity index (χ4v) is 3.75. The molecular weight excluding hydrogens is 192 g/mol. The van der Waals surface area contributed by atoms with E-state index in [0.29, 0.717) is 6.04 Å². The first-order valence-electron chi connectivity index (χ1n) is 5.89. The van der Waals surface area contributed by atoms with Crippen molar-refractivity contribution in [2.24, 2.45) is 5.73 Å². The Morgan fingerprint density at radius 1 is 1.14 bits per heavy atom. The lowest BCUT2D eigenvalue weighted by molar-refractivity contribution is 0.313. The van der Waals surface area contributed by atoms with Gasteiger partial charge in [-0.15, -0.1) is 0 Å².